The van der Waals surface area contributed by atoms with Crippen molar-refractivity contribution < 1.29 is 17.6 Å². The SMILES string of the molecule is CN(Cc1ccco1)C(=O)c1cc(NS(=O)(=O)c2ccccc2)ccc1Cl. The number of carbonyl (C=O) groups excluding carboxylic acids is 1. The monoisotopic (exact) mass is 404 g/mol. The molecule has 8 heteroatoms. The number of rotatable bonds is 6. The second-order valence-corrected chi connectivity index (χ2v) is 7.94. The van der Waals surface area contributed by atoms with Crippen molar-refractivity contribution in [3.8, 4) is 0 Å². The molecule has 1 N–H and O–H groups in total. The summed E-state index contributed by atoms with van der Waals surface area (Å²) in [6, 6.07) is 15.9. The van der Waals surface area contributed by atoms with Crippen LogP contribution in [0.2, 0.25) is 5.02 Å². The van der Waals surface area contributed by atoms with Gasteiger partial charge in [0, 0.05) is 12.7 Å². The van der Waals surface area contributed by atoms with Crippen LogP contribution in [0.3, 0.4) is 0 Å². The van der Waals surface area contributed by atoms with E-state index in [2.05, 4.69) is 4.72 Å². The van der Waals surface area contributed by atoms with Crippen molar-refractivity contribution in [2.24, 2.45) is 0 Å². The number of amides is 1. The van der Waals surface area contributed by atoms with E-state index in [1.54, 1.807) is 37.4 Å². The Labute approximate surface area is 162 Å². The van der Waals surface area contributed by atoms with Gasteiger partial charge in [-0.1, -0.05) is 29.8 Å². The molecule has 0 bridgehead atoms. The molecule has 6 nitrogen and oxygen atoms in total. The van der Waals surface area contributed by atoms with Crippen LogP contribution in [0.25, 0.3) is 0 Å². The quantitative estimate of drug-likeness (QED) is 0.673. The summed E-state index contributed by atoms with van der Waals surface area (Å²) in [5, 5.41) is 0.231. The topological polar surface area (TPSA) is 79.6 Å². The first-order chi connectivity index (χ1) is 12.9. The third-order valence-electron chi connectivity index (χ3n) is 3.82. The van der Waals surface area contributed by atoms with Gasteiger partial charge >= 0.3 is 0 Å². The maximum absolute atomic E-state index is 12.7. The molecule has 0 aliphatic rings. The highest BCUT2D eigenvalue weighted by Crippen LogP contribution is 2.24. The van der Waals surface area contributed by atoms with Gasteiger partial charge in [0.05, 0.1) is 28.3 Å². The molecular weight excluding hydrogens is 388 g/mol. The van der Waals surface area contributed by atoms with Gasteiger partial charge in [-0.05, 0) is 42.5 Å². The van der Waals surface area contributed by atoms with Crippen LogP contribution in [-0.4, -0.2) is 26.3 Å². The third kappa shape index (κ3) is 4.50. The Balaban J connectivity index is 1.83. The molecule has 2 aromatic carbocycles. The van der Waals surface area contributed by atoms with Crippen LogP contribution in [0.15, 0.2) is 76.2 Å². The van der Waals surface area contributed by atoms with Crippen molar-refractivity contribution >= 4 is 33.2 Å². The Bertz CT molecular complexity index is 1030. The highest BCUT2D eigenvalue weighted by molar-refractivity contribution is 7.92. The van der Waals surface area contributed by atoms with Crippen LogP contribution in [0.5, 0.6) is 0 Å². The molecule has 1 heterocycles. The molecule has 0 aliphatic heterocycles. The van der Waals surface area contributed by atoms with E-state index < -0.39 is 10.0 Å². The summed E-state index contributed by atoms with van der Waals surface area (Å²) in [5.74, 6) is 0.278. The van der Waals surface area contributed by atoms with Gasteiger partial charge in [0.2, 0.25) is 0 Å². The van der Waals surface area contributed by atoms with Gasteiger partial charge in [0.15, 0.2) is 0 Å². The number of benzene rings is 2. The number of carbonyl (C=O) groups is 1. The van der Waals surface area contributed by atoms with Crippen molar-refractivity contribution in [2.75, 3.05) is 11.8 Å². The van der Waals surface area contributed by atoms with Crippen molar-refractivity contribution in [2.45, 2.75) is 11.4 Å². The van der Waals surface area contributed by atoms with Crippen LogP contribution in [-0.2, 0) is 16.6 Å². The van der Waals surface area contributed by atoms with Gasteiger partial charge in [-0.2, -0.15) is 0 Å². The molecule has 0 fully saturated rings. The lowest BCUT2D eigenvalue weighted by Gasteiger charge is -2.17. The molecule has 3 rings (SSSR count). The fraction of sp³-hybridized carbons (Fsp3) is 0.105. The molecular formula is C19H17ClN2O4S. The van der Waals surface area contributed by atoms with Gasteiger partial charge in [0.1, 0.15) is 5.76 Å². The minimum Gasteiger partial charge on any atom is -0.467 e. The Morgan fingerprint density at radius 3 is 2.52 bits per heavy atom. The average molecular weight is 405 g/mol. The molecule has 0 radical (unpaired) electrons. The molecule has 0 atom stereocenters. The van der Waals surface area contributed by atoms with Crippen molar-refractivity contribution in [1.29, 1.82) is 0 Å². The fourth-order valence-corrected chi connectivity index (χ4v) is 3.75. The van der Waals surface area contributed by atoms with E-state index in [-0.39, 0.29) is 33.6 Å². The van der Waals surface area contributed by atoms with Gasteiger partial charge in [-0.3, -0.25) is 9.52 Å². The Morgan fingerprint density at radius 2 is 1.85 bits per heavy atom. The maximum Gasteiger partial charge on any atom is 0.261 e. The largest absolute Gasteiger partial charge is 0.467 e. The zero-order chi connectivity index (χ0) is 19.4. The summed E-state index contributed by atoms with van der Waals surface area (Å²) in [5.41, 5.74) is 0.442. The van der Waals surface area contributed by atoms with Crippen molar-refractivity contribution in [3.05, 3.63) is 83.3 Å². The number of hydrogen-bond donors (Lipinski definition) is 1. The predicted molar refractivity (Wildman–Crippen MR) is 103 cm³/mol. The number of halogens is 1. The van der Waals surface area contributed by atoms with E-state index in [1.165, 1.54) is 41.5 Å². The highest BCUT2D eigenvalue weighted by Gasteiger charge is 2.19. The van der Waals surface area contributed by atoms with Crippen LogP contribution in [0, 0.1) is 0 Å². The molecule has 0 spiro atoms. The molecule has 0 saturated heterocycles. The molecule has 1 amide bonds. The highest BCUT2D eigenvalue weighted by atomic mass is 35.5. The number of sulfonamides is 1. The normalized spacial score (nSPS) is 11.2. The summed E-state index contributed by atoms with van der Waals surface area (Å²) >= 11 is 6.16. The predicted octanol–water partition coefficient (Wildman–Crippen LogP) is 4.01. The Morgan fingerprint density at radius 1 is 1.11 bits per heavy atom. The molecule has 0 unspecified atom stereocenters. The summed E-state index contributed by atoms with van der Waals surface area (Å²) in [6.07, 6.45) is 1.53. The number of nitrogens with one attached hydrogen (secondary N) is 1. The zero-order valence-corrected chi connectivity index (χ0v) is 16.0. The minimum absolute atomic E-state index is 0.128. The Kier molecular flexibility index (Phi) is 5.53. The van der Waals surface area contributed by atoms with Gasteiger partial charge in [-0.15, -0.1) is 0 Å². The smallest absolute Gasteiger partial charge is 0.261 e. The first kappa shape index (κ1) is 19.0. The lowest BCUT2D eigenvalue weighted by Crippen LogP contribution is -2.26. The number of nitrogens with zero attached hydrogens (tertiary/aromatic N) is 1. The van der Waals surface area contributed by atoms with Crippen molar-refractivity contribution in [3.63, 3.8) is 0 Å². The van der Waals surface area contributed by atoms with Crippen LogP contribution < -0.4 is 4.72 Å². The molecule has 0 aliphatic carbocycles. The van der Waals surface area contributed by atoms with E-state index in [0.717, 1.165) is 0 Å². The van der Waals surface area contributed by atoms with Gasteiger partial charge in [0.25, 0.3) is 15.9 Å². The fourth-order valence-electron chi connectivity index (χ4n) is 2.48. The molecule has 0 saturated carbocycles. The first-order valence-corrected chi connectivity index (χ1v) is 9.88. The van der Waals surface area contributed by atoms with E-state index in [1.807, 2.05) is 0 Å². The van der Waals surface area contributed by atoms with E-state index in [0.29, 0.717) is 5.76 Å². The Hall–Kier alpha value is -2.77. The number of anilines is 1. The second-order valence-electron chi connectivity index (χ2n) is 5.85. The summed E-state index contributed by atoms with van der Waals surface area (Å²) in [7, 11) is -2.15. The van der Waals surface area contributed by atoms with Gasteiger partial charge < -0.3 is 9.32 Å². The third-order valence-corrected chi connectivity index (χ3v) is 5.55. The molecule has 3 aromatic rings. The number of furan rings is 1. The first-order valence-electron chi connectivity index (χ1n) is 8.02. The van der Waals surface area contributed by atoms with Gasteiger partial charge in [-0.25, -0.2) is 8.42 Å². The molecule has 1 aromatic heterocycles. The van der Waals surface area contributed by atoms with Crippen molar-refractivity contribution in [1.82, 2.24) is 4.90 Å². The summed E-state index contributed by atoms with van der Waals surface area (Å²) in [6.45, 7) is 0.266. The van der Waals surface area contributed by atoms with E-state index in [9.17, 15) is 13.2 Å². The second kappa shape index (κ2) is 7.85. The average Bonchev–Trinajstić information content (AvgIpc) is 3.16. The molecule has 140 valence electrons. The maximum atomic E-state index is 12.7. The van der Waals surface area contributed by atoms with E-state index >= 15 is 0 Å². The summed E-state index contributed by atoms with van der Waals surface area (Å²) < 4.78 is 32.6. The van der Waals surface area contributed by atoms with Crippen LogP contribution >= 0.6 is 11.6 Å². The lowest BCUT2D eigenvalue weighted by atomic mass is 10.1. The zero-order valence-electron chi connectivity index (χ0n) is 14.4. The lowest BCUT2D eigenvalue weighted by molar-refractivity contribution is 0.0775. The van der Waals surface area contributed by atoms with E-state index in [4.69, 9.17) is 16.0 Å². The van der Waals surface area contributed by atoms with Crippen LogP contribution in [0.1, 0.15) is 16.1 Å². The summed E-state index contributed by atoms with van der Waals surface area (Å²) in [4.78, 5) is 14.3. The number of hydrogen-bond acceptors (Lipinski definition) is 4. The minimum atomic E-state index is -3.76. The van der Waals surface area contributed by atoms with Crippen LogP contribution in [0.4, 0.5) is 5.69 Å². The molecule has 27 heavy (non-hydrogen) atoms. The standard InChI is InChI=1S/C19H17ClN2O4S/c1-22(13-15-6-5-11-26-15)19(23)17-12-14(9-10-18(17)20)21-27(24,25)16-7-3-2-4-8-16/h2-12,21H,13H2,1H3.